The Hall–Kier alpha value is -4.47. The zero-order valence-electron chi connectivity index (χ0n) is 26.0. The number of pyridine rings is 1. The van der Waals surface area contributed by atoms with Gasteiger partial charge in [0.2, 0.25) is 0 Å². The van der Waals surface area contributed by atoms with Crippen LogP contribution in [0.2, 0.25) is 0 Å². The number of hydrogen-bond donors (Lipinski definition) is 2. The number of morpholine rings is 1. The molecule has 2 amide bonds. The van der Waals surface area contributed by atoms with Gasteiger partial charge in [0.05, 0.1) is 50.9 Å². The van der Waals surface area contributed by atoms with E-state index in [1.165, 1.54) is 14.2 Å². The molecule has 230 valence electrons. The molecule has 44 heavy (non-hydrogen) atoms. The number of carbonyl (C=O) groups excluding carboxylic acids is 2. The van der Waals surface area contributed by atoms with Crippen molar-refractivity contribution in [3.63, 3.8) is 0 Å². The summed E-state index contributed by atoms with van der Waals surface area (Å²) in [4.78, 5) is 32.6. The van der Waals surface area contributed by atoms with Gasteiger partial charge >= 0.3 is 12.0 Å². The molecule has 5 rings (SSSR count). The van der Waals surface area contributed by atoms with Gasteiger partial charge in [0.15, 0.2) is 0 Å². The Morgan fingerprint density at radius 2 is 1.66 bits per heavy atom. The van der Waals surface area contributed by atoms with Crippen LogP contribution in [-0.2, 0) is 32.6 Å². The van der Waals surface area contributed by atoms with E-state index >= 15 is 0 Å². The summed E-state index contributed by atoms with van der Waals surface area (Å²) in [6.45, 7) is 10.4. The molecule has 0 saturated carbocycles. The number of benzene rings is 3. The van der Waals surface area contributed by atoms with E-state index in [1.807, 2.05) is 54.7 Å². The topological polar surface area (TPSA) is 102 Å². The fraction of sp³-hybridized carbons (Fsp3) is 0.343. The SMILES string of the molecule is COC(=O)Cc1cc(C(C)(C)C)cc(NC(=O)Nc2ccc(-c3ccc(CN4CCOCC4)nc3)c3ccccc23)c1OC. The first-order chi connectivity index (χ1) is 21.2. The fourth-order valence-corrected chi connectivity index (χ4v) is 5.42. The van der Waals surface area contributed by atoms with Crippen LogP contribution in [0, 0.1) is 0 Å². The molecule has 2 N–H and O–H groups in total. The highest BCUT2D eigenvalue weighted by Crippen LogP contribution is 2.37. The van der Waals surface area contributed by atoms with Crippen molar-refractivity contribution >= 4 is 34.1 Å². The van der Waals surface area contributed by atoms with Crippen molar-refractivity contribution in [3.05, 3.63) is 83.7 Å². The van der Waals surface area contributed by atoms with Crippen molar-refractivity contribution in [2.24, 2.45) is 0 Å². The first-order valence-corrected chi connectivity index (χ1v) is 14.8. The second kappa shape index (κ2) is 13.4. The predicted octanol–water partition coefficient (Wildman–Crippen LogP) is 6.40. The maximum absolute atomic E-state index is 13.4. The average molecular weight is 597 g/mol. The van der Waals surface area contributed by atoms with Crippen LogP contribution >= 0.6 is 0 Å². The van der Waals surface area contributed by atoms with Gasteiger partial charge in [-0.3, -0.25) is 14.7 Å². The Kier molecular flexibility index (Phi) is 9.46. The Morgan fingerprint density at radius 1 is 0.932 bits per heavy atom. The highest BCUT2D eigenvalue weighted by atomic mass is 16.5. The highest BCUT2D eigenvalue weighted by molar-refractivity contribution is 6.10. The second-order valence-electron chi connectivity index (χ2n) is 11.9. The number of fused-ring (bicyclic) bond motifs is 1. The summed E-state index contributed by atoms with van der Waals surface area (Å²) in [6, 6.07) is 19.5. The first kappa shape index (κ1) is 31.0. The normalized spacial score (nSPS) is 13.8. The molecule has 1 aromatic heterocycles. The van der Waals surface area contributed by atoms with Gasteiger partial charge in [0, 0.05) is 42.3 Å². The van der Waals surface area contributed by atoms with Crippen LogP contribution in [0.3, 0.4) is 0 Å². The number of amides is 2. The lowest BCUT2D eigenvalue weighted by Gasteiger charge is -2.26. The van der Waals surface area contributed by atoms with Crippen molar-refractivity contribution < 1.29 is 23.8 Å². The van der Waals surface area contributed by atoms with E-state index in [-0.39, 0.29) is 11.8 Å². The van der Waals surface area contributed by atoms with Gasteiger partial charge < -0.3 is 24.8 Å². The van der Waals surface area contributed by atoms with Crippen LogP contribution in [0.25, 0.3) is 21.9 Å². The number of urea groups is 1. The van der Waals surface area contributed by atoms with E-state index in [1.54, 1.807) is 0 Å². The van der Waals surface area contributed by atoms with Crippen molar-refractivity contribution in [1.29, 1.82) is 0 Å². The van der Waals surface area contributed by atoms with Crippen LogP contribution in [-0.4, -0.2) is 62.4 Å². The minimum atomic E-state index is -0.426. The molecule has 0 unspecified atom stereocenters. The van der Waals surface area contributed by atoms with Crippen molar-refractivity contribution in [2.45, 2.75) is 39.2 Å². The summed E-state index contributed by atoms with van der Waals surface area (Å²) in [5, 5.41) is 7.88. The molecule has 9 nitrogen and oxygen atoms in total. The summed E-state index contributed by atoms with van der Waals surface area (Å²) in [7, 11) is 2.87. The van der Waals surface area contributed by atoms with Gasteiger partial charge in [-0.05, 0) is 40.1 Å². The molecule has 0 spiro atoms. The first-order valence-electron chi connectivity index (χ1n) is 14.8. The summed E-state index contributed by atoms with van der Waals surface area (Å²) in [6.07, 6.45) is 1.94. The molecule has 2 heterocycles. The monoisotopic (exact) mass is 596 g/mol. The molecule has 1 fully saturated rings. The van der Waals surface area contributed by atoms with E-state index in [4.69, 9.17) is 19.2 Å². The lowest BCUT2D eigenvalue weighted by Crippen LogP contribution is -2.35. The lowest BCUT2D eigenvalue weighted by atomic mass is 9.85. The van der Waals surface area contributed by atoms with E-state index < -0.39 is 12.0 Å². The van der Waals surface area contributed by atoms with Gasteiger partial charge in [-0.25, -0.2) is 4.79 Å². The molecule has 1 saturated heterocycles. The summed E-state index contributed by atoms with van der Waals surface area (Å²) in [5.41, 5.74) is 5.56. The molecular weight excluding hydrogens is 556 g/mol. The summed E-state index contributed by atoms with van der Waals surface area (Å²) >= 11 is 0. The Labute approximate surface area is 258 Å². The third-order valence-electron chi connectivity index (χ3n) is 7.84. The van der Waals surface area contributed by atoms with Crippen molar-refractivity contribution in [3.8, 4) is 16.9 Å². The smallest absolute Gasteiger partial charge is 0.323 e. The number of carbonyl (C=O) groups is 2. The highest BCUT2D eigenvalue weighted by Gasteiger charge is 2.22. The number of anilines is 2. The predicted molar refractivity (Wildman–Crippen MR) is 173 cm³/mol. The molecule has 1 aliphatic heterocycles. The van der Waals surface area contributed by atoms with Gasteiger partial charge in [-0.15, -0.1) is 0 Å². The second-order valence-corrected chi connectivity index (χ2v) is 11.9. The average Bonchev–Trinajstić information content (AvgIpc) is 3.01. The number of nitrogens with zero attached hydrogens (tertiary/aromatic N) is 2. The zero-order valence-corrected chi connectivity index (χ0v) is 26.0. The standard InChI is InChI=1S/C35H40N4O5/c1-35(2,3)25-18-24(19-32(40)42-4)33(43-5)31(20-25)38-34(41)37-30-13-12-27(28-8-6-7-9-29(28)30)23-10-11-26(36-21-23)22-39-14-16-44-17-15-39/h6-13,18,20-21H,14-17,19,22H2,1-5H3,(H2,37,38,41). The third kappa shape index (κ3) is 7.18. The molecule has 0 aliphatic carbocycles. The Balaban J connectivity index is 1.39. The number of nitrogens with one attached hydrogen (secondary N) is 2. The molecule has 0 atom stereocenters. The van der Waals surface area contributed by atoms with Crippen LogP contribution in [0.15, 0.2) is 66.9 Å². The van der Waals surface area contributed by atoms with E-state index in [2.05, 4.69) is 48.4 Å². The minimum Gasteiger partial charge on any atom is -0.494 e. The molecule has 1 aliphatic rings. The van der Waals surface area contributed by atoms with Crippen molar-refractivity contribution in [2.75, 3.05) is 51.2 Å². The lowest BCUT2D eigenvalue weighted by molar-refractivity contribution is -0.139. The fourth-order valence-electron chi connectivity index (χ4n) is 5.42. The molecule has 4 aromatic rings. The molecule has 9 heteroatoms. The maximum Gasteiger partial charge on any atom is 0.323 e. The summed E-state index contributed by atoms with van der Waals surface area (Å²) in [5.74, 6) is 0.0292. The number of ether oxygens (including phenoxy) is 3. The van der Waals surface area contributed by atoms with Gasteiger partial charge in [-0.1, -0.05) is 63.2 Å². The minimum absolute atomic E-state index is 0.0229. The van der Waals surface area contributed by atoms with E-state index in [0.717, 1.165) is 66.0 Å². The molecule has 0 radical (unpaired) electrons. The van der Waals surface area contributed by atoms with Gasteiger partial charge in [-0.2, -0.15) is 0 Å². The number of methoxy groups -OCH3 is 2. The third-order valence-corrected chi connectivity index (χ3v) is 7.84. The van der Waals surface area contributed by atoms with Gasteiger partial charge in [0.25, 0.3) is 0 Å². The summed E-state index contributed by atoms with van der Waals surface area (Å²) < 4.78 is 16.0. The molecular formula is C35H40N4O5. The zero-order chi connectivity index (χ0) is 31.3. The Morgan fingerprint density at radius 3 is 2.32 bits per heavy atom. The van der Waals surface area contributed by atoms with Crippen LogP contribution < -0.4 is 15.4 Å². The van der Waals surface area contributed by atoms with Crippen LogP contribution in [0.5, 0.6) is 5.75 Å². The number of esters is 1. The van der Waals surface area contributed by atoms with E-state index in [0.29, 0.717) is 22.7 Å². The number of aromatic nitrogens is 1. The van der Waals surface area contributed by atoms with Crippen molar-refractivity contribution in [1.82, 2.24) is 9.88 Å². The number of hydrogen-bond acceptors (Lipinski definition) is 7. The molecule has 3 aromatic carbocycles. The maximum atomic E-state index is 13.4. The largest absolute Gasteiger partial charge is 0.494 e. The number of rotatable bonds is 8. The van der Waals surface area contributed by atoms with Crippen LogP contribution in [0.1, 0.15) is 37.6 Å². The molecule has 0 bridgehead atoms. The quantitative estimate of drug-likeness (QED) is 0.227. The van der Waals surface area contributed by atoms with E-state index in [9.17, 15) is 9.59 Å². The Bertz CT molecular complexity index is 1640. The van der Waals surface area contributed by atoms with Gasteiger partial charge in [0.1, 0.15) is 5.75 Å². The van der Waals surface area contributed by atoms with Crippen LogP contribution in [0.4, 0.5) is 16.2 Å².